The molecular formula is C19H28N4O3S. The molecule has 8 heteroatoms. The number of hydrogen-bond donors (Lipinski definition) is 0. The van der Waals surface area contributed by atoms with Crippen LogP contribution >= 0.6 is 0 Å². The molecule has 7 nitrogen and oxygen atoms in total. The van der Waals surface area contributed by atoms with E-state index in [9.17, 15) is 13.2 Å². The maximum atomic E-state index is 13.0. The molecule has 1 aromatic carbocycles. The molecule has 0 radical (unpaired) electrons. The van der Waals surface area contributed by atoms with Gasteiger partial charge in [-0.3, -0.25) is 4.79 Å². The largest absolute Gasteiger partial charge is 0.337 e. The van der Waals surface area contributed by atoms with Crippen molar-refractivity contribution in [3.05, 3.63) is 30.1 Å². The van der Waals surface area contributed by atoms with Crippen LogP contribution in [0.25, 0.3) is 11.0 Å². The fourth-order valence-electron chi connectivity index (χ4n) is 3.84. The molecule has 148 valence electrons. The van der Waals surface area contributed by atoms with Gasteiger partial charge in [-0.1, -0.05) is 19.1 Å². The highest BCUT2D eigenvalue weighted by Gasteiger charge is 2.39. The number of likely N-dealkylation sites (N-methyl/N-ethyl adjacent to an activating group) is 1. The van der Waals surface area contributed by atoms with E-state index >= 15 is 0 Å². The lowest BCUT2D eigenvalue weighted by molar-refractivity contribution is -0.133. The Kier molecular flexibility index (Phi) is 5.86. The predicted octanol–water partition coefficient (Wildman–Crippen LogP) is 2.22. The average Bonchev–Trinajstić information content (AvgIpc) is 3.25. The number of imidazole rings is 1. The second-order valence-electron chi connectivity index (χ2n) is 7.04. The highest BCUT2D eigenvalue weighted by molar-refractivity contribution is 7.89. The Morgan fingerprint density at radius 2 is 2.04 bits per heavy atom. The van der Waals surface area contributed by atoms with Gasteiger partial charge < -0.3 is 9.47 Å². The Hall–Kier alpha value is -1.93. The molecule has 0 bridgehead atoms. The van der Waals surface area contributed by atoms with Gasteiger partial charge in [0, 0.05) is 20.1 Å². The van der Waals surface area contributed by atoms with Crippen molar-refractivity contribution in [3.63, 3.8) is 0 Å². The molecule has 2 heterocycles. The van der Waals surface area contributed by atoms with Crippen LogP contribution in [-0.4, -0.2) is 58.5 Å². The van der Waals surface area contributed by atoms with Crippen molar-refractivity contribution >= 4 is 27.0 Å². The highest BCUT2D eigenvalue weighted by atomic mass is 32.2. The van der Waals surface area contributed by atoms with Crippen LogP contribution in [0.15, 0.2) is 24.3 Å². The number of fused-ring (bicyclic) bond motifs is 1. The van der Waals surface area contributed by atoms with Crippen LogP contribution in [0.4, 0.5) is 0 Å². The van der Waals surface area contributed by atoms with Crippen LogP contribution in [0.3, 0.4) is 0 Å². The number of rotatable bonds is 7. The fraction of sp³-hybridized carbons (Fsp3) is 0.579. The molecule has 1 atom stereocenters. The molecule has 27 heavy (non-hydrogen) atoms. The predicted molar refractivity (Wildman–Crippen MR) is 106 cm³/mol. The molecule has 1 aromatic heterocycles. The third kappa shape index (κ3) is 3.87. The highest BCUT2D eigenvalue weighted by Crippen LogP contribution is 2.24. The van der Waals surface area contributed by atoms with Gasteiger partial charge in [-0.05, 0) is 38.3 Å². The van der Waals surface area contributed by atoms with Gasteiger partial charge in [-0.15, -0.1) is 0 Å². The van der Waals surface area contributed by atoms with E-state index in [4.69, 9.17) is 0 Å². The summed E-state index contributed by atoms with van der Waals surface area (Å²) in [6, 6.07) is 7.31. The molecular weight excluding hydrogens is 364 g/mol. The Morgan fingerprint density at radius 1 is 1.30 bits per heavy atom. The summed E-state index contributed by atoms with van der Waals surface area (Å²) in [7, 11) is -1.65. The van der Waals surface area contributed by atoms with Crippen LogP contribution in [0.2, 0.25) is 0 Å². The van der Waals surface area contributed by atoms with Gasteiger partial charge in [-0.2, -0.15) is 4.31 Å². The Balaban J connectivity index is 1.80. The number of para-hydroxylation sites is 2. The van der Waals surface area contributed by atoms with Crippen LogP contribution in [0, 0.1) is 0 Å². The zero-order valence-electron chi connectivity index (χ0n) is 16.3. The van der Waals surface area contributed by atoms with Gasteiger partial charge >= 0.3 is 0 Å². The molecule has 1 fully saturated rings. The Labute approximate surface area is 161 Å². The van der Waals surface area contributed by atoms with Crippen LogP contribution in [-0.2, 0) is 27.9 Å². The molecule has 1 amide bonds. The van der Waals surface area contributed by atoms with Gasteiger partial charge in [0.2, 0.25) is 15.9 Å². The quantitative estimate of drug-likeness (QED) is 0.724. The van der Waals surface area contributed by atoms with E-state index in [1.165, 1.54) is 4.31 Å². The first-order chi connectivity index (χ1) is 12.9. The molecule has 0 spiro atoms. The van der Waals surface area contributed by atoms with Crippen LogP contribution in [0.5, 0.6) is 0 Å². The number of carbonyl (C=O) groups is 1. The molecule has 0 aliphatic carbocycles. The second-order valence-corrected chi connectivity index (χ2v) is 9.08. The molecule has 0 N–H and O–H groups in total. The molecule has 1 unspecified atom stereocenters. The lowest BCUT2D eigenvalue weighted by Gasteiger charge is -2.27. The van der Waals surface area contributed by atoms with E-state index in [1.807, 2.05) is 31.2 Å². The van der Waals surface area contributed by atoms with Gasteiger partial charge in [0.1, 0.15) is 11.9 Å². The summed E-state index contributed by atoms with van der Waals surface area (Å²) in [5, 5.41) is 0. The summed E-state index contributed by atoms with van der Waals surface area (Å²) in [5.74, 6) is 0.754. The number of aromatic nitrogens is 2. The summed E-state index contributed by atoms with van der Waals surface area (Å²) in [5.41, 5.74) is 1.95. The molecule has 0 saturated carbocycles. The van der Waals surface area contributed by atoms with Crippen molar-refractivity contribution in [2.24, 2.45) is 0 Å². The van der Waals surface area contributed by atoms with E-state index in [-0.39, 0.29) is 11.7 Å². The monoisotopic (exact) mass is 392 g/mol. The molecule has 1 saturated heterocycles. The summed E-state index contributed by atoms with van der Waals surface area (Å²) >= 11 is 0. The Bertz CT molecular complexity index is 922. The number of nitrogens with zero attached hydrogens (tertiary/aromatic N) is 4. The number of hydrogen-bond acceptors (Lipinski definition) is 4. The summed E-state index contributed by atoms with van der Waals surface area (Å²) in [4.78, 5) is 19.3. The number of sulfonamides is 1. The normalized spacial score (nSPS) is 18.3. The lowest BCUT2D eigenvalue weighted by atomic mass is 10.2. The van der Waals surface area contributed by atoms with E-state index in [0.29, 0.717) is 25.9 Å². The van der Waals surface area contributed by atoms with Gasteiger partial charge in [0.05, 0.1) is 23.3 Å². The molecule has 3 rings (SSSR count). The summed E-state index contributed by atoms with van der Waals surface area (Å²) < 4.78 is 28.5. The smallest absolute Gasteiger partial charge is 0.241 e. The van der Waals surface area contributed by atoms with Crippen molar-refractivity contribution in [1.29, 1.82) is 0 Å². The third-order valence-corrected chi connectivity index (χ3v) is 7.19. The van der Waals surface area contributed by atoms with Gasteiger partial charge in [0.15, 0.2) is 0 Å². The first-order valence-corrected chi connectivity index (χ1v) is 11.2. The van der Waals surface area contributed by atoms with Crippen molar-refractivity contribution in [2.45, 2.75) is 52.2 Å². The maximum absolute atomic E-state index is 13.0. The molecule has 1 aliphatic heterocycles. The Morgan fingerprint density at radius 3 is 2.74 bits per heavy atom. The molecule has 2 aromatic rings. The minimum atomic E-state index is -3.38. The topological polar surface area (TPSA) is 75.5 Å². The third-order valence-electron chi connectivity index (χ3n) is 5.11. The van der Waals surface area contributed by atoms with Crippen molar-refractivity contribution in [3.8, 4) is 0 Å². The second kappa shape index (κ2) is 7.98. The van der Waals surface area contributed by atoms with E-state index in [0.717, 1.165) is 29.8 Å². The zero-order chi connectivity index (χ0) is 19.6. The number of carbonyl (C=O) groups excluding carboxylic acids is 1. The summed E-state index contributed by atoms with van der Waals surface area (Å²) in [6.45, 7) is 5.44. The summed E-state index contributed by atoms with van der Waals surface area (Å²) in [6.07, 6.45) is 1.85. The first-order valence-electron chi connectivity index (χ1n) is 9.57. The fourth-order valence-corrected chi connectivity index (χ4v) is 5.58. The maximum Gasteiger partial charge on any atom is 0.241 e. The standard InChI is InChI=1S/C19H28N4O3S/c1-4-13-27(25,26)23-12-8-11-17(23)19(24)21(3)14-18-20-15-9-6-7-10-16(15)22(18)5-2/h6-7,9-10,17H,4-5,8,11-14H2,1-3H3. The minimum Gasteiger partial charge on any atom is -0.337 e. The van der Waals surface area contributed by atoms with Crippen molar-refractivity contribution in [2.75, 3.05) is 19.3 Å². The van der Waals surface area contributed by atoms with Crippen LogP contribution < -0.4 is 0 Å². The lowest BCUT2D eigenvalue weighted by Crippen LogP contribution is -2.47. The average molecular weight is 393 g/mol. The SMILES string of the molecule is CCCS(=O)(=O)N1CCCC1C(=O)N(C)Cc1nc2ccccc2n1CC. The first kappa shape index (κ1) is 19.8. The van der Waals surface area contributed by atoms with Gasteiger partial charge in [-0.25, -0.2) is 13.4 Å². The number of benzene rings is 1. The van der Waals surface area contributed by atoms with Gasteiger partial charge in [0.25, 0.3) is 0 Å². The minimum absolute atomic E-state index is 0.0894. The molecule has 1 aliphatic rings. The van der Waals surface area contributed by atoms with Crippen molar-refractivity contribution in [1.82, 2.24) is 18.8 Å². The number of amides is 1. The zero-order valence-corrected chi connectivity index (χ0v) is 17.1. The van der Waals surface area contributed by atoms with Crippen molar-refractivity contribution < 1.29 is 13.2 Å². The van der Waals surface area contributed by atoms with Crippen LogP contribution in [0.1, 0.15) is 38.9 Å². The van der Waals surface area contributed by atoms with E-state index in [2.05, 4.69) is 16.5 Å². The number of aryl methyl sites for hydroxylation is 1. The van der Waals surface area contributed by atoms with E-state index < -0.39 is 16.1 Å². The van der Waals surface area contributed by atoms with E-state index in [1.54, 1.807) is 11.9 Å².